The number of aryl methyl sites for hydroxylation is 1. The van der Waals surface area contributed by atoms with Crippen LogP contribution in [0, 0.1) is 0 Å². The Morgan fingerprint density at radius 1 is 1.31 bits per heavy atom. The van der Waals surface area contributed by atoms with Gasteiger partial charge in [-0.25, -0.2) is 0 Å². The van der Waals surface area contributed by atoms with Crippen LogP contribution in [0.4, 0.5) is 3.89 Å². The van der Waals surface area contributed by atoms with Gasteiger partial charge < -0.3 is 4.57 Å². The number of hydrogen-bond acceptors (Lipinski definition) is 2. The van der Waals surface area contributed by atoms with Crippen LogP contribution in [0.15, 0.2) is 35.9 Å². The quantitative estimate of drug-likeness (QED) is 0.755. The van der Waals surface area contributed by atoms with Crippen molar-refractivity contribution in [2.75, 3.05) is 0 Å². The summed E-state index contributed by atoms with van der Waals surface area (Å²) in [5.74, 6) is 0. The van der Waals surface area contributed by atoms with Crippen LogP contribution in [0.5, 0.6) is 0 Å². The number of hydrogen-bond donors (Lipinski definition) is 0. The fourth-order valence-electron chi connectivity index (χ4n) is 1.66. The van der Waals surface area contributed by atoms with E-state index in [9.17, 15) is 12.3 Å². The molecule has 3 nitrogen and oxygen atoms in total. The highest BCUT2D eigenvalue weighted by Crippen LogP contribution is 2.21. The molecule has 0 saturated carbocycles. The van der Waals surface area contributed by atoms with Crippen LogP contribution in [0.1, 0.15) is 5.56 Å². The molecule has 1 aromatic carbocycles. The molecule has 0 unspecified atom stereocenters. The number of fused-ring (bicyclic) bond motifs is 1. The van der Waals surface area contributed by atoms with Crippen molar-refractivity contribution in [3.8, 4) is 0 Å². The van der Waals surface area contributed by atoms with E-state index in [1.807, 2.05) is 35.9 Å². The Morgan fingerprint density at radius 3 is 2.69 bits per heavy atom. The third-order valence-corrected chi connectivity index (χ3v) is 2.80. The zero-order chi connectivity index (χ0) is 11.8. The van der Waals surface area contributed by atoms with Crippen molar-refractivity contribution in [3.05, 3.63) is 41.4 Å². The zero-order valence-corrected chi connectivity index (χ0v) is 9.41. The largest absolute Gasteiger partial charge is 0.350 e. The Labute approximate surface area is 93.0 Å². The molecule has 0 saturated heterocycles. The molecule has 0 aliphatic carbocycles. The van der Waals surface area contributed by atoms with E-state index in [1.165, 1.54) is 6.08 Å². The maximum absolute atomic E-state index is 12.4. The van der Waals surface area contributed by atoms with Gasteiger partial charge in [-0.15, -0.1) is 3.89 Å². The molecule has 0 radical (unpaired) electrons. The topological polar surface area (TPSA) is 39.1 Å². The second-order valence-corrected chi connectivity index (χ2v) is 4.71. The number of halogens is 1. The van der Waals surface area contributed by atoms with Gasteiger partial charge in [0.1, 0.15) is 0 Å². The predicted molar refractivity (Wildman–Crippen MR) is 62.0 cm³/mol. The van der Waals surface area contributed by atoms with Gasteiger partial charge in [-0.05, 0) is 12.1 Å². The maximum Gasteiger partial charge on any atom is 0.325 e. The molecule has 0 atom stereocenters. The number of rotatable bonds is 2. The lowest BCUT2D eigenvalue weighted by molar-refractivity contribution is 0.563. The Kier molecular flexibility index (Phi) is 2.55. The van der Waals surface area contributed by atoms with Crippen molar-refractivity contribution in [1.29, 1.82) is 0 Å². The van der Waals surface area contributed by atoms with Crippen molar-refractivity contribution in [2.24, 2.45) is 7.05 Å². The lowest BCUT2D eigenvalue weighted by Crippen LogP contribution is -1.82. The SMILES string of the molecule is Cn1cc(/C=C/S(=O)(=O)F)c2ccccc21. The minimum absolute atomic E-state index is 0.564. The zero-order valence-electron chi connectivity index (χ0n) is 8.59. The Balaban J connectivity index is 2.58. The van der Waals surface area contributed by atoms with E-state index in [0.717, 1.165) is 10.9 Å². The first-order valence-corrected chi connectivity index (χ1v) is 6.09. The molecular weight excluding hydrogens is 229 g/mol. The molecule has 84 valence electrons. The van der Waals surface area contributed by atoms with Crippen molar-refractivity contribution < 1.29 is 12.3 Å². The molecule has 0 bridgehead atoms. The fourth-order valence-corrected chi connectivity index (χ4v) is 1.97. The van der Waals surface area contributed by atoms with Crippen molar-refractivity contribution in [3.63, 3.8) is 0 Å². The van der Waals surface area contributed by atoms with E-state index in [1.54, 1.807) is 6.20 Å². The van der Waals surface area contributed by atoms with Crippen LogP contribution >= 0.6 is 0 Å². The molecule has 0 aliphatic rings. The summed E-state index contributed by atoms with van der Waals surface area (Å²) in [7, 11) is -2.72. The van der Waals surface area contributed by atoms with Gasteiger partial charge in [0.25, 0.3) is 0 Å². The molecule has 16 heavy (non-hydrogen) atoms. The van der Waals surface area contributed by atoms with Crippen LogP contribution in [0.3, 0.4) is 0 Å². The van der Waals surface area contributed by atoms with Gasteiger partial charge in [0.2, 0.25) is 0 Å². The highest BCUT2D eigenvalue weighted by Gasteiger charge is 2.04. The summed E-state index contributed by atoms with van der Waals surface area (Å²) < 4.78 is 35.0. The third-order valence-electron chi connectivity index (χ3n) is 2.34. The van der Waals surface area contributed by atoms with Crippen LogP contribution in [-0.4, -0.2) is 13.0 Å². The van der Waals surface area contributed by atoms with Gasteiger partial charge in [0, 0.05) is 29.7 Å². The second-order valence-electron chi connectivity index (χ2n) is 3.49. The lowest BCUT2D eigenvalue weighted by Gasteiger charge is -1.92. The normalized spacial score (nSPS) is 12.6. The number of para-hydroxylation sites is 1. The Bertz CT molecular complexity index is 656. The second kappa shape index (κ2) is 3.75. The summed E-state index contributed by atoms with van der Waals surface area (Å²) in [4.78, 5) is 0. The summed E-state index contributed by atoms with van der Waals surface area (Å²) in [5, 5.41) is 1.46. The van der Waals surface area contributed by atoms with Crippen LogP contribution in [-0.2, 0) is 17.3 Å². The summed E-state index contributed by atoms with van der Waals surface area (Å²) in [6.45, 7) is 0. The third kappa shape index (κ3) is 2.14. The summed E-state index contributed by atoms with van der Waals surface area (Å²) in [5.41, 5.74) is 1.65. The highest BCUT2D eigenvalue weighted by molar-refractivity contribution is 7.89. The fraction of sp³-hybridized carbons (Fsp3) is 0.0909. The van der Waals surface area contributed by atoms with Gasteiger partial charge in [-0.1, -0.05) is 18.2 Å². The lowest BCUT2D eigenvalue weighted by atomic mass is 10.2. The van der Waals surface area contributed by atoms with Gasteiger partial charge in [0.05, 0.1) is 5.41 Å². The van der Waals surface area contributed by atoms with Crippen molar-refractivity contribution in [1.82, 2.24) is 4.57 Å². The first kappa shape index (κ1) is 10.9. The van der Waals surface area contributed by atoms with Crippen molar-refractivity contribution >= 4 is 27.2 Å². The van der Waals surface area contributed by atoms with E-state index >= 15 is 0 Å². The van der Waals surface area contributed by atoms with Crippen molar-refractivity contribution in [2.45, 2.75) is 0 Å². The minimum Gasteiger partial charge on any atom is -0.350 e. The van der Waals surface area contributed by atoms with Crippen LogP contribution in [0.25, 0.3) is 17.0 Å². The molecule has 2 aromatic rings. The summed E-state index contributed by atoms with van der Waals surface area (Å²) in [6, 6.07) is 7.52. The number of benzene rings is 1. The van der Waals surface area contributed by atoms with Gasteiger partial charge >= 0.3 is 10.2 Å². The molecular formula is C11H10FNO2S. The summed E-state index contributed by atoms with van der Waals surface area (Å²) in [6.07, 6.45) is 3.02. The highest BCUT2D eigenvalue weighted by atomic mass is 32.3. The van der Waals surface area contributed by atoms with E-state index in [2.05, 4.69) is 0 Å². The van der Waals surface area contributed by atoms with E-state index in [-0.39, 0.29) is 0 Å². The molecule has 0 fully saturated rings. The van der Waals surface area contributed by atoms with Gasteiger partial charge in [0.15, 0.2) is 0 Å². The summed E-state index contributed by atoms with van der Waals surface area (Å²) >= 11 is 0. The van der Waals surface area contributed by atoms with Crippen LogP contribution < -0.4 is 0 Å². The first-order chi connectivity index (χ1) is 7.47. The standard InChI is InChI=1S/C11H10FNO2S/c1-13-8-9(6-7-16(12,14)15)10-4-2-3-5-11(10)13/h2-8H,1H3/b7-6+. The van der Waals surface area contributed by atoms with Crippen LogP contribution in [0.2, 0.25) is 0 Å². The molecule has 0 spiro atoms. The van der Waals surface area contributed by atoms with Gasteiger partial charge in [-0.3, -0.25) is 0 Å². The van der Waals surface area contributed by atoms with E-state index < -0.39 is 10.2 Å². The average molecular weight is 239 g/mol. The first-order valence-electron chi connectivity index (χ1n) is 4.64. The molecule has 5 heteroatoms. The monoisotopic (exact) mass is 239 g/mol. The molecule has 0 aliphatic heterocycles. The predicted octanol–water partition coefficient (Wildman–Crippen LogP) is 2.45. The molecule has 0 N–H and O–H groups in total. The molecule has 0 amide bonds. The average Bonchev–Trinajstić information content (AvgIpc) is 2.53. The Hall–Kier alpha value is -1.62. The van der Waals surface area contributed by atoms with Gasteiger partial charge in [-0.2, -0.15) is 8.42 Å². The number of nitrogens with zero attached hydrogens (tertiary/aromatic N) is 1. The smallest absolute Gasteiger partial charge is 0.325 e. The minimum atomic E-state index is -4.57. The molecule has 1 aromatic heterocycles. The Morgan fingerprint density at radius 2 is 2.00 bits per heavy atom. The molecule has 2 rings (SSSR count). The number of aromatic nitrogens is 1. The van der Waals surface area contributed by atoms with E-state index in [0.29, 0.717) is 11.0 Å². The maximum atomic E-state index is 12.4. The van der Waals surface area contributed by atoms with E-state index in [4.69, 9.17) is 0 Å². The molecule has 1 heterocycles.